The van der Waals surface area contributed by atoms with Crippen molar-refractivity contribution in [3.05, 3.63) is 35.4 Å². The zero-order valence-electron chi connectivity index (χ0n) is 11.4. The first-order valence-corrected chi connectivity index (χ1v) is 6.61. The Kier molecular flexibility index (Phi) is 4.04. The Morgan fingerprint density at radius 1 is 1.09 bits per heavy atom. The van der Waals surface area contributed by atoms with Crippen LogP contribution in [0.5, 0.6) is 0 Å². The summed E-state index contributed by atoms with van der Waals surface area (Å²) in [6, 6.07) is 3.62. The maximum Gasteiger partial charge on any atom is 0.416 e. The summed E-state index contributed by atoms with van der Waals surface area (Å²) >= 11 is 0. The molecule has 1 fully saturated rings. The van der Waals surface area contributed by atoms with E-state index in [1.807, 2.05) is 0 Å². The Labute approximate surface area is 124 Å². The molecular weight excluding hydrogens is 303 g/mol. The van der Waals surface area contributed by atoms with Crippen LogP contribution in [0.3, 0.4) is 0 Å². The number of hydrogen-bond donors (Lipinski definition) is 2. The number of carbonyl (C=O) groups is 2. The second-order valence-electron chi connectivity index (χ2n) is 5.13. The van der Waals surface area contributed by atoms with Crippen LogP contribution in [0.15, 0.2) is 24.3 Å². The van der Waals surface area contributed by atoms with Crippen LogP contribution in [0, 0.1) is 0 Å². The lowest BCUT2D eigenvalue weighted by atomic mass is 9.80. The second-order valence-corrected chi connectivity index (χ2v) is 5.13. The van der Waals surface area contributed by atoms with Crippen molar-refractivity contribution in [2.75, 3.05) is 6.54 Å². The van der Waals surface area contributed by atoms with E-state index in [0.717, 1.165) is 29.2 Å². The summed E-state index contributed by atoms with van der Waals surface area (Å²) < 4.78 is 37.8. The molecular formula is C14H14F3NO4. The number of rotatable bonds is 2. The van der Waals surface area contributed by atoms with Gasteiger partial charge in [0.05, 0.1) is 5.56 Å². The van der Waals surface area contributed by atoms with Gasteiger partial charge < -0.3 is 10.2 Å². The highest BCUT2D eigenvalue weighted by molar-refractivity contribution is 5.85. The van der Waals surface area contributed by atoms with Crippen molar-refractivity contribution in [1.29, 1.82) is 0 Å². The van der Waals surface area contributed by atoms with Crippen LogP contribution in [0.4, 0.5) is 18.0 Å². The molecule has 22 heavy (non-hydrogen) atoms. The fourth-order valence-corrected chi connectivity index (χ4v) is 2.82. The number of aliphatic carboxylic acids is 1. The highest BCUT2D eigenvalue weighted by atomic mass is 19.4. The van der Waals surface area contributed by atoms with Gasteiger partial charge in [-0.05, 0) is 37.0 Å². The molecule has 1 aromatic carbocycles. The monoisotopic (exact) mass is 317 g/mol. The molecule has 0 aromatic heterocycles. The number of nitrogens with zero attached hydrogens (tertiary/aromatic N) is 1. The number of alkyl halides is 3. The Hall–Kier alpha value is -2.25. The molecule has 0 bridgehead atoms. The van der Waals surface area contributed by atoms with Gasteiger partial charge in [0.25, 0.3) is 0 Å². The van der Waals surface area contributed by atoms with Crippen LogP contribution in [0.2, 0.25) is 0 Å². The number of hydrogen-bond acceptors (Lipinski definition) is 2. The third kappa shape index (κ3) is 2.60. The fourth-order valence-electron chi connectivity index (χ4n) is 2.82. The number of carboxylic acid groups (broad SMARTS) is 2. The van der Waals surface area contributed by atoms with E-state index in [2.05, 4.69) is 0 Å². The largest absolute Gasteiger partial charge is 0.479 e. The molecule has 1 saturated heterocycles. The molecule has 1 amide bonds. The van der Waals surface area contributed by atoms with Gasteiger partial charge in [-0.3, -0.25) is 4.90 Å². The van der Waals surface area contributed by atoms with Crippen LogP contribution in [0.1, 0.15) is 30.4 Å². The van der Waals surface area contributed by atoms with Gasteiger partial charge >= 0.3 is 18.2 Å². The number of halogens is 3. The molecule has 1 aromatic rings. The van der Waals surface area contributed by atoms with E-state index in [-0.39, 0.29) is 18.5 Å². The highest BCUT2D eigenvalue weighted by Gasteiger charge is 2.50. The first-order valence-electron chi connectivity index (χ1n) is 6.61. The minimum absolute atomic E-state index is 0.0278. The lowest BCUT2D eigenvalue weighted by Crippen LogP contribution is -2.56. The van der Waals surface area contributed by atoms with Crippen LogP contribution in [0.25, 0.3) is 0 Å². The Morgan fingerprint density at radius 2 is 1.68 bits per heavy atom. The molecule has 0 aliphatic carbocycles. The minimum atomic E-state index is -4.53. The Bertz CT molecular complexity index is 585. The molecule has 0 radical (unpaired) electrons. The van der Waals surface area contributed by atoms with E-state index in [1.54, 1.807) is 0 Å². The number of amides is 1. The van der Waals surface area contributed by atoms with Crippen LogP contribution in [-0.4, -0.2) is 33.7 Å². The van der Waals surface area contributed by atoms with E-state index in [4.69, 9.17) is 0 Å². The maximum absolute atomic E-state index is 12.6. The summed E-state index contributed by atoms with van der Waals surface area (Å²) in [6.45, 7) is 0.0304. The molecule has 5 nitrogen and oxygen atoms in total. The zero-order chi connectivity index (χ0) is 16.5. The fraction of sp³-hybridized carbons (Fsp3) is 0.429. The average Bonchev–Trinajstić information content (AvgIpc) is 2.46. The normalized spacial score (nSPS) is 22.4. The molecule has 0 saturated carbocycles. The smallest absolute Gasteiger partial charge is 0.416 e. The molecule has 0 spiro atoms. The molecule has 2 rings (SSSR count). The number of likely N-dealkylation sites (tertiary alicyclic amines) is 1. The number of benzene rings is 1. The Morgan fingerprint density at radius 3 is 2.14 bits per heavy atom. The van der Waals surface area contributed by atoms with E-state index >= 15 is 0 Å². The van der Waals surface area contributed by atoms with Crippen molar-refractivity contribution in [1.82, 2.24) is 4.90 Å². The summed E-state index contributed by atoms with van der Waals surface area (Å²) in [6.07, 6.45) is -4.91. The summed E-state index contributed by atoms with van der Waals surface area (Å²) in [5, 5.41) is 18.8. The quantitative estimate of drug-likeness (QED) is 0.878. The van der Waals surface area contributed by atoms with Gasteiger partial charge in [-0.1, -0.05) is 12.1 Å². The predicted molar refractivity (Wildman–Crippen MR) is 69.3 cm³/mol. The lowest BCUT2D eigenvalue weighted by molar-refractivity contribution is -0.153. The molecule has 120 valence electrons. The van der Waals surface area contributed by atoms with Gasteiger partial charge in [0.15, 0.2) is 5.54 Å². The number of carboxylic acids is 1. The van der Waals surface area contributed by atoms with Gasteiger partial charge in [0.2, 0.25) is 0 Å². The average molecular weight is 317 g/mol. The summed E-state index contributed by atoms with van der Waals surface area (Å²) in [5.74, 6) is -1.38. The highest BCUT2D eigenvalue weighted by Crippen LogP contribution is 2.39. The van der Waals surface area contributed by atoms with Gasteiger partial charge in [-0.2, -0.15) is 13.2 Å². The molecule has 1 heterocycles. The van der Waals surface area contributed by atoms with Crippen LogP contribution in [-0.2, 0) is 16.5 Å². The van der Waals surface area contributed by atoms with Crippen molar-refractivity contribution in [2.24, 2.45) is 0 Å². The van der Waals surface area contributed by atoms with Crippen molar-refractivity contribution in [3.63, 3.8) is 0 Å². The van der Waals surface area contributed by atoms with Crippen molar-refractivity contribution >= 4 is 12.1 Å². The second kappa shape index (κ2) is 5.51. The molecule has 1 aliphatic heterocycles. The zero-order valence-corrected chi connectivity index (χ0v) is 11.4. The standard InChI is InChI=1S/C14H14F3NO4/c15-14(16,17)10-5-3-9(4-6-10)13(11(19)20)7-1-2-8-18(13)12(21)22/h3-6H,1-2,7-8H2,(H,19,20)(H,21,22). The van der Waals surface area contributed by atoms with Crippen molar-refractivity contribution < 1.29 is 33.0 Å². The SMILES string of the molecule is O=C(O)N1CCCCC1(C(=O)O)c1ccc(C(F)(F)F)cc1. The van der Waals surface area contributed by atoms with Crippen molar-refractivity contribution in [2.45, 2.75) is 31.0 Å². The van der Waals surface area contributed by atoms with Crippen molar-refractivity contribution in [3.8, 4) is 0 Å². The van der Waals surface area contributed by atoms with Gasteiger partial charge in [-0.25, -0.2) is 9.59 Å². The van der Waals surface area contributed by atoms with Crippen LogP contribution >= 0.6 is 0 Å². The maximum atomic E-state index is 12.6. The molecule has 2 N–H and O–H groups in total. The molecule has 1 aliphatic rings. The van der Waals surface area contributed by atoms with E-state index in [1.165, 1.54) is 0 Å². The van der Waals surface area contributed by atoms with E-state index < -0.39 is 29.3 Å². The van der Waals surface area contributed by atoms with E-state index in [9.17, 15) is 33.0 Å². The van der Waals surface area contributed by atoms with Gasteiger partial charge in [0, 0.05) is 6.54 Å². The third-order valence-electron chi connectivity index (χ3n) is 3.91. The molecule has 8 heteroatoms. The summed E-state index contributed by atoms with van der Waals surface area (Å²) in [4.78, 5) is 23.9. The summed E-state index contributed by atoms with van der Waals surface area (Å²) in [5.41, 5.74) is -2.71. The van der Waals surface area contributed by atoms with Crippen LogP contribution < -0.4 is 0 Å². The predicted octanol–water partition coefficient (Wildman–Crippen LogP) is 3.15. The first-order chi connectivity index (χ1) is 10.2. The molecule has 1 unspecified atom stereocenters. The minimum Gasteiger partial charge on any atom is -0.479 e. The topological polar surface area (TPSA) is 77.8 Å². The first kappa shape index (κ1) is 16.1. The Balaban J connectivity index is 2.51. The lowest BCUT2D eigenvalue weighted by Gasteiger charge is -2.42. The molecule has 1 atom stereocenters. The summed E-state index contributed by atoms with van der Waals surface area (Å²) in [7, 11) is 0. The third-order valence-corrected chi connectivity index (χ3v) is 3.91. The number of piperidine rings is 1. The van der Waals surface area contributed by atoms with E-state index in [0.29, 0.717) is 12.8 Å². The van der Waals surface area contributed by atoms with Gasteiger partial charge in [0.1, 0.15) is 0 Å². The van der Waals surface area contributed by atoms with Gasteiger partial charge in [-0.15, -0.1) is 0 Å².